The fraction of sp³-hybridized carbons (Fsp3) is 0.588. The van der Waals surface area contributed by atoms with E-state index in [1.54, 1.807) is 11.3 Å². The van der Waals surface area contributed by atoms with E-state index in [-0.39, 0.29) is 12.0 Å². The van der Waals surface area contributed by atoms with Crippen molar-refractivity contribution in [2.45, 2.75) is 43.5 Å². The third-order valence-electron chi connectivity index (χ3n) is 4.65. The van der Waals surface area contributed by atoms with Crippen LogP contribution in [0.25, 0.3) is 10.7 Å². The third kappa shape index (κ3) is 3.91. The van der Waals surface area contributed by atoms with Crippen molar-refractivity contribution in [2.75, 3.05) is 25.4 Å². The van der Waals surface area contributed by atoms with Crippen LogP contribution in [0, 0.1) is 0 Å². The molecule has 2 aliphatic heterocycles. The Morgan fingerprint density at radius 3 is 2.92 bits per heavy atom. The van der Waals surface area contributed by atoms with E-state index in [0.717, 1.165) is 67.8 Å². The summed E-state index contributed by atoms with van der Waals surface area (Å²) >= 11 is 3.15. The van der Waals surface area contributed by atoms with E-state index in [1.807, 2.05) is 16.3 Å². The predicted octanol–water partition coefficient (Wildman–Crippen LogP) is 2.90. The van der Waals surface area contributed by atoms with Crippen LogP contribution < -0.4 is 0 Å². The molecule has 134 valence electrons. The lowest BCUT2D eigenvalue weighted by Crippen LogP contribution is -2.29. The fourth-order valence-electron chi connectivity index (χ4n) is 3.32. The summed E-state index contributed by atoms with van der Waals surface area (Å²) < 4.78 is 7.93. The zero-order valence-electron chi connectivity index (χ0n) is 14.1. The van der Waals surface area contributed by atoms with Crippen LogP contribution in [-0.2, 0) is 16.1 Å². The first kappa shape index (κ1) is 17.1. The van der Waals surface area contributed by atoms with Gasteiger partial charge in [-0.2, -0.15) is 0 Å². The van der Waals surface area contributed by atoms with Gasteiger partial charge in [-0.1, -0.05) is 17.8 Å². The highest BCUT2D eigenvalue weighted by Crippen LogP contribution is 2.29. The molecule has 25 heavy (non-hydrogen) atoms. The number of likely N-dealkylation sites (tertiary alicyclic amines) is 1. The number of hydrogen-bond acceptors (Lipinski definition) is 6. The molecule has 1 atom stereocenters. The summed E-state index contributed by atoms with van der Waals surface area (Å²) in [5, 5.41) is 11.6. The first-order valence-electron chi connectivity index (χ1n) is 8.80. The van der Waals surface area contributed by atoms with E-state index in [1.165, 1.54) is 11.8 Å². The van der Waals surface area contributed by atoms with Crippen molar-refractivity contribution >= 4 is 29.0 Å². The minimum Gasteiger partial charge on any atom is -0.376 e. The second-order valence-electron chi connectivity index (χ2n) is 6.41. The van der Waals surface area contributed by atoms with Crippen LogP contribution in [0.15, 0.2) is 22.7 Å². The van der Waals surface area contributed by atoms with Gasteiger partial charge in [0.1, 0.15) is 0 Å². The van der Waals surface area contributed by atoms with Crippen molar-refractivity contribution < 1.29 is 9.53 Å². The van der Waals surface area contributed by atoms with E-state index < -0.39 is 0 Å². The highest BCUT2D eigenvalue weighted by Gasteiger charge is 2.24. The number of thioether (sulfide) groups is 1. The minimum absolute atomic E-state index is 0.201. The summed E-state index contributed by atoms with van der Waals surface area (Å²) in [6.45, 7) is 3.36. The van der Waals surface area contributed by atoms with Gasteiger partial charge in [-0.05, 0) is 37.1 Å². The summed E-state index contributed by atoms with van der Waals surface area (Å²) in [6.07, 6.45) is 4.63. The monoisotopic (exact) mass is 378 g/mol. The Morgan fingerprint density at radius 1 is 1.32 bits per heavy atom. The molecule has 0 saturated carbocycles. The maximum absolute atomic E-state index is 12.3. The van der Waals surface area contributed by atoms with Gasteiger partial charge in [-0.3, -0.25) is 9.36 Å². The van der Waals surface area contributed by atoms with Crippen LogP contribution >= 0.6 is 23.1 Å². The molecule has 2 aromatic rings. The number of carbonyl (C=O) groups is 1. The Labute approximate surface area is 155 Å². The van der Waals surface area contributed by atoms with Gasteiger partial charge in [-0.15, -0.1) is 21.5 Å². The number of aromatic nitrogens is 3. The standard InChI is InChI=1S/C17H22N4O2S2/c22-15(20-7-1-2-8-20)12-25-17-19-18-16(14-6-4-10-24-14)21(17)11-13-5-3-9-23-13/h4,6,10,13H,1-3,5,7-9,11-12H2/t13-/m0/s1. The van der Waals surface area contributed by atoms with Crippen molar-refractivity contribution in [3.63, 3.8) is 0 Å². The highest BCUT2D eigenvalue weighted by molar-refractivity contribution is 7.99. The van der Waals surface area contributed by atoms with Gasteiger partial charge in [0.15, 0.2) is 11.0 Å². The molecule has 2 fully saturated rings. The Kier molecular flexibility index (Phi) is 5.38. The Bertz CT molecular complexity index is 704. The third-order valence-corrected chi connectivity index (χ3v) is 6.47. The Hall–Kier alpha value is -1.38. The van der Waals surface area contributed by atoms with E-state index in [2.05, 4.69) is 20.8 Å². The van der Waals surface area contributed by atoms with Gasteiger partial charge in [0.25, 0.3) is 0 Å². The lowest BCUT2D eigenvalue weighted by atomic mass is 10.2. The first-order chi connectivity index (χ1) is 12.3. The molecule has 4 rings (SSSR count). The molecule has 0 N–H and O–H groups in total. The van der Waals surface area contributed by atoms with Crippen molar-refractivity contribution in [2.24, 2.45) is 0 Å². The normalized spacial score (nSPS) is 20.5. The van der Waals surface area contributed by atoms with E-state index in [9.17, 15) is 4.79 Å². The van der Waals surface area contributed by atoms with Crippen LogP contribution in [0.2, 0.25) is 0 Å². The molecule has 0 radical (unpaired) electrons. The van der Waals surface area contributed by atoms with E-state index >= 15 is 0 Å². The summed E-state index contributed by atoms with van der Waals surface area (Å²) in [7, 11) is 0. The molecule has 0 aromatic carbocycles. The van der Waals surface area contributed by atoms with Crippen molar-refractivity contribution in [3.05, 3.63) is 17.5 Å². The molecule has 0 spiro atoms. The summed E-state index contributed by atoms with van der Waals surface area (Å²) in [5.41, 5.74) is 0. The number of hydrogen-bond donors (Lipinski definition) is 0. The van der Waals surface area contributed by atoms with Gasteiger partial charge >= 0.3 is 0 Å². The van der Waals surface area contributed by atoms with Crippen LogP contribution in [0.5, 0.6) is 0 Å². The molecule has 8 heteroatoms. The average molecular weight is 379 g/mol. The van der Waals surface area contributed by atoms with Gasteiger partial charge < -0.3 is 9.64 Å². The molecule has 2 aliphatic rings. The first-order valence-corrected chi connectivity index (χ1v) is 10.7. The molecule has 0 bridgehead atoms. The molecule has 0 unspecified atom stereocenters. The zero-order chi connectivity index (χ0) is 17.1. The summed E-state index contributed by atoms with van der Waals surface area (Å²) in [6, 6.07) is 4.08. The lowest BCUT2D eigenvalue weighted by Gasteiger charge is -2.16. The van der Waals surface area contributed by atoms with Crippen LogP contribution in [0.4, 0.5) is 0 Å². The second-order valence-corrected chi connectivity index (χ2v) is 8.30. The largest absolute Gasteiger partial charge is 0.376 e. The van der Waals surface area contributed by atoms with Crippen molar-refractivity contribution in [1.29, 1.82) is 0 Å². The van der Waals surface area contributed by atoms with Gasteiger partial charge in [-0.25, -0.2) is 0 Å². The molecule has 6 nitrogen and oxygen atoms in total. The maximum Gasteiger partial charge on any atom is 0.233 e. The topological polar surface area (TPSA) is 60.3 Å². The molecule has 1 amide bonds. The maximum atomic E-state index is 12.3. The highest BCUT2D eigenvalue weighted by atomic mass is 32.2. The number of carbonyl (C=O) groups excluding carboxylic acids is 1. The van der Waals surface area contributed by atoms with Gasteiger partial charge in [0.2, 0.25) is 5.91 Å². The Morgan fingerprint density at radius 2 is 2.20 bits per heavy atom. The van der Waals surface area contributed by atoms with Crippen molar-refractivity contribution in [3.8, 4) is 10.7 Å². The number of thiophene rings is 1. The fourth-order valence-corrected chi connectivity index (χ4v) is 4.89. The molecule has 4 heterocycles. The second kappa shape index (κ2) is 7.88. The Balaban J connectivity index is 1.50. The number of ether oxygens (including phenoxy) is 1. The smallest absolute Gasteiger partial charge is 0.233 e. The molecular formula is C17H22N4O2S2. The summed E-state index contributed by atoms with van der Waals surface area (Å²) in [4.78, 5) is 15.4. The quantitative estimate of drug-likeness (QED) is 0.724. The molecule has 2 aromatic heterocycles. The van der Waals surface area contributed by atoms with Crippen LogP contribution in [-0.4, -0.2) is 57.1 Å². The van der Waals surface area contributed by atoms with Crippen LogP contribution in [0.3, 0.4) is 0 Å². The number of nitrogens with zero attached hydrogens (tertiary/aromatic N) is 4. The van der Waals surface area contributed by atoms with Gasteiger partial charge in [0, 0.05) is 19.7 Å². The average Bonchev–Trinajstić information content (AvgIpc) is 3.40. The summed E-state index contributed by atoms with van der Waals surface area (Å²) in [5.74, 6) is 1.50. The zero-order valence-corrected chi connectivity index (χ0v) is 15.7. The lowest BCUT2D eigenvalue weighted by molar-refractivity contribution is -0.127. The van der Waals surface area contributed by atoms with Crippen LogP contribution in [0.1, 0.15) is 25.7 Å². The van der Waals surface area contributed by atoms with Gasteiger partial charge in [0.05, 0.1) is 23.3 Å². The predicted molar refractivity (Wildman–Crippen MR) is 98.8 cm³/mol. The number of rotatable bonds is 6. The minimum atomic E-state index is 0.201. The molecule has 0 aliphatic carbocycles. The van der Waals surface area contributed by atoms with E-state index in [0.29, 0.717) is 5.75 Å². The van der Waals surface area contributed by atoms with Crippen molar-refractivity contribution in [1.82, 2.24) is 19.7 Å². The van der Waals surface area contributed by atoms with E-state index in [4.69, 9.17) is 4.74 Å². The molecule has 2 saturated heterocycles. The molecular weight excluding hydrogens is 356 g/mol. The number of amides is 1. The SMILES string of the molecule is O=C(CSc1nnc(-c2cccs2)n1C[C@@H]1CCCO1)N1CCCC1.